The largest absolute Gasteiger partial charge is 0.444 e. The van der Waals surface area contributed by atoms with E-state index in [0.29, 0.717) is 11.4 Å². The van der Waals surface area contributed by atoms with Crippen LogP contribution in [-0.2, 0) is 14.3 Å². The van der Waals surface area contributed by atoms with Crippen molar-refractivity contribution in [2.45, 2.75) is 32.8 Å². The van der Waals surface area contributed by atoms with Gasteiger partial charge in [0.1, 0.15) is 5.60 Å². The number of amides is 3. The van der Waals surface area contributed by atoms with Gasteiger partial charge in [-0.3, -0.25) is 9.59 Å². The standard InChI is InChI=1S/C17H23N3O4/c1-5-14(21)19-12-8-6-7-9-13(12)20-15(22)10-11-18-16(23)24-17(2,3)4/h5-9H,1,10-11H2,2-4H3,(H,18,23)(H,19,21)(H,20,22). The number of rotatable bonds is 6. The number of para-hydroxylation sites is 2. The summed E-state index contributed by atoms with van der Waals surface area (Å²) in [6.07, 6.45) is 0.640. The molecule has 1 aromatic rings. The maximum Gasteiger partial charge on any atom is 0.407 e. The average Bonchev–Trinajstić information content (AvgIpc) is 2.47. The minimum atomic E-state index is -0.589. The first-order valence-corrected chi connectivity index (χ1v) is 7.50. The fourth-order valence-corrected chi connectivity index (χ4v) is 1.69. The van der Waals surface area contributed by atoms with Crippen LogP contribution in [0.25, 0.3) is 0 Å². The van der Waals surface area contributed by atoms with Crippen molar-refractivity contribution in [1.82, 2.24) is 5.32 Å². The molecule has 0 aliphatic rings. The van der Waals surface area contributed by atoms with Gasteiger partial charge in [-0.25, -0.2) is 4.79 Å². The highest BCUT2D eigenvalue weighted by Crippen LogP contribution is 2.21. The molecule has 7 heteroatoms. The van der Waals surface area contributed by atoms with Crippen molar-refractivity contribution in [1.29, 1.82) is 0 Å². The molecule has 0 aliphatic heterocycles. The molecule has 0 spiro atoms. The average molecular weight is 333 g/mol. The van der Waals surface area contributed by atoms with Crippen molar-refractivity contribution in [3.05, 3.63) is 36.9 Å². The minimum Gasteiger partial charge on any atom is -0.444 e. The first-order valence-electron chi connectivity index (χ1n) is 7.50. The van der Waals surface area contributed by atoms with Gasteiger partial charge in [-0.1, -0.05) is 18.7 Å². The molecule has 0 atom stereocenters. The topological polar surface area (TPSA) is 96.5 Å². The smallest absolute Gasteiger partial charge is 0.407 e. The van der Waals surface area contributed by atoms with E-state index < -0.39 is 11.7 Å². The number of ether oxygens (including phenoxy) is 1. The number of anilines is 2. The van der Waals surface area contributed by atoms with Crippen LogP contribution in [0.2, 0.25) is 0 Å². The van der Waals surface area contributed by atoms with Crippen LogP contribution >= 0.6 is 0 Å². The van der Waals surface area contributed by atoms with E-state index in [0.717, 1.165) is 6.08 Å². The number of benzene rings is 1. The van der Waals surface area contributed by atoms with E-state index in [1.807, 2.05) is 0 Å². The number of alkyl carbamates (subject to hydrolysis) is 1. The first kappa shape index (κ1) is 19.2. The molecule has 0 aliphatic carbocycles. The highest BCUT2D eigenvalue weighted by atomic mass is 16.6. The van der Waals surface area contributed by atoms with Crippen molar-refractivity contribution in [3.8, 4) is 0 Å². The number of nitrogens with one attached hydrogen (secondary N) is 3. The second-order valence-electron chi connectivity index (χ2n) is 5.97. The molecule has 0 bridgehead atoms. The van der Waals surface area contributed by atoms with E-state index in [2.05, 4.69) is 22.5 Å². The van der Waals surface area contributed by atoms with Crippen molar-refractivity contribution in [2.24, 2.45) is 0 Å². The van der Waals surface area contributed by atoms with Crippen molar-refractivity contribution >= 4 is 29.3 Å². The summed E-state index contributed by atoms with van der Waals surface area (Å²) in [6, 6.07) is 6.80. The van der Waals surface area contributed by atoms with Crippen molar-refractivity contribution in [3.63, 3.8) is 0 Å². The Bertz CT molecular complexity index is 621. The molecule has 0 fully saturated rings. The van der Waals surface area contributed by atoms with Crippen LogP contribution in [0.1, 0.15) is 27.2 Å². The molecule has 7 nitrogen and oxygen atoms in total. The molecule has 24 heavy (non-hydrogen) atoms. The number of carbonyl (C=O) groups is 3. The molecule has 0 saturated heterocycles. The quantitative estimate of drug-likeness (QED) is 0.697. The lowest BCUT2D eigenvalue weighted by molar-refractivity contribution is -0.116. The van der Waals surface area contributed by atoms with Crippen molar-refractivity contribution in [2.75, 3.05) is 17.2 Å². The third-order valence-electron chi connectivity index (χ3n) is 2.66. The predicted octanol–water partition coefficient (Wildman–Crippen LogP) is 2.66. The van der Waals surface area contributed by atoms with Gasteiger partial charge in [0.05, 0.1) is 11.4 Å². The van der Waals surface area contributed by atoms with E-state index in [9.17, 15) is 14.4 Å². The molecule has 1 aromatic carbocycles. The molecule has 0 radical (unpaired) electrons. The van der Waals surface area contributed by atoms with Crippen LogP contribution in [0.15, 0.2) is 36.9 Å². The monoisotopic (exact) mass is 333 g/mol. The lowest BCUT2D eigenvalue weighted by Gasteiger charge is -2.19. The zero-order valence-electron chi connectivity index (χ0n) is 14.1. The van der Waals surface area contributed by atoms with Gasteiger partial charge in [-0.05, 0) is 39.0 Å². The maximum absolute atomic E-state index is 12.0. The molecule has 0 saturated carbocycles. The summed E-state index contributed by atoms with van der Waals surface area (Å²) in [4.78, 5) is 34.8. The summed E-state index contributed by atoms with van der Waals surface area (Å²) in [5.74, 6) is -0.672. The van der Waals surface area contributed by atoms with Gasteiger partial charge in [0.2, 0.25) is 11.8 Å². The Morgan fingerprint density at radius 3 is 2.25 bits per heavy atom. The van der Waals surface area contributed by atoms with Crippen LogP contribution in [0.4, 0.5) is 16.2 Å². The number of carbonyl (C=O) groups excluding carboxylic acids is 3. The van der Waals surface area contributed by atoms with Gasteiger partial charge < -0.3 is 20.7 Å². The normalized spacial score (nSPS) is 10.5. The maximum atomic E-state index is 12.0. The lowest BCUT2D eigenvalue weighted by atomic mass is 10.2. The highest BCUT2D eigenvalue weighted by molar-refractivity contribution is 6.03. The molecule has 3 N–H and O–H groups in total. The number of hydrogen-bond acceptors (Lipinski definition) is 4. The molecule has 0 unspecified atom stereocenters. The first-order chi connectivity index (χ1) is 11.2. The van der Waals surface area contributed by atoms with E-state index >= 15 is 0 Å². The summed E-state index contributed by atoms with van der Waals surface area (Å²) >= 11 is 0. The molecular formula is C17H23N3O4. The van der Waals surface area contributed by atoms with Gasteiger partial charge in [-0.2, -0.15) is 0 Å². The van der Waals surface area contributed by atoms with Gasteiger partial charge >= 0.3 is 6.09 Å². The molecule has 1 rings (SSSR count). The second-order valence-corrected chi connectivity index (χ2v) is 5.97. The Morgan fingerprint density at radius 1 is 1.12 bits per heavy atom. The van der Waals surface area contributed by atoms with Crippen LogP contribution < -0.4 is 16.0 Å². The van der Waals surface area contributed by atoms with Gasteiger partial charge in [0.25, 0.3) is 0 Å². The van der Waals surface area contributed by atoms with E-state index in [1.54, 1.807) is 45.0 Å². The zero-order valence-corrected chi connectivity index (χ0v) is 14.1. The molecule has 0 heterocycles. The Morgan fingerprint density at radius 2 is 1.71 bits per heavy atom. The Balaban J connectivity index is 2.50. The van der Waals surface area contributed by atoms with Crippen LogP contribution in [0.3, 0.4) is 0 Å². The highest BCUT2D eigenvalue weighted by Gasteiger charge is 2.16. The number of hydrogen-bond donors (Lipinski definition) is 3. The summed E-state index contributed by atoms with van der Waals surface area (Å²) in [5.41, 5.74) is 0.347. The Kier molecular flexibility index (Phi) is 6.98. The van der Waals surface area contributed by atoms with Crippen LogP contribution in [0.5, 0.6) is 0 Å². The van der Waals surface area contributed by atoms with Gasteiger partial charge in [0.15, 0.2) is 0 Å². The second kappa shape index (κ2) is 8.71. The van der Waals surface area contributed by atoms with Crippen molar-refractivity contribution < 1.29 is 19.1 Å². The fourth-order valence-electron chi connectivity index (χ4n) is 1.69. The summed E-state index contributed by atoms with van der Waals surface area (Å²) < 4.78 is 5.07. The van der Waals surface area contributed by atoms with E-state index in [-0.39, 0.29) is 24.8 Å². The molecule has 0 aromatic heterocycles. The predicted molar refractivity (Wildman–Crippen MR) is 92.8 cm³/mol. The summed E-state index contributed by atoms with van der Waals surface area (Å²) in [5, 5.41) is 7.79. The minimum absolute atomic E-state index is 0.0724. The van der Waals surface area contributed by atoms with E-state index in [1.165, 1.54) is 0 Å². The Labute approximate surface area is 141 Å². The van der Waals surface area contributed by atoms with Gasteiger partial charge in [0, 0.05) is 13.0 Å². The van der Waals surface area contributed by atoms with Crippen LogP contribution in [-0.4, -0.2) is 30.1 Å². The summed E-state index contributed by atoms with van der Waals surface area (Å²) in [7, 11) is 0. The third kappa shape index (κ3) is 7.44. The van der Waals surface area contributed by atoms with Crippen LogP contribution in [0, 0.1) is 0 Å². The third-order valence-corrected chi connectivity index (χ3v) is 2.66. The summed E-state index contributed by atoms with van der Waals surface area (Å²) in [6.45, 7) is 8.79. The van der Waals surface area contributed by atoms with E-state index in [4.69, 9.17) is 4.74 Å². The molecule has 3 amide bonds. The zero-order chi connectivity index (χ0) is 18.2. The molecule has 130 valence electrons. The van der Waals surface area contributed by atoms with Gasteiger partial charge in [-0.15, -0.1) is 0 Å². The molecular weight excluding hydrogens is 310 g/mol. The fraction of sp³-hybridized carbons (Fsp3) is 0.353. The Hall–Kier alpha value is -2.83. The SMILES string of the molecule is C=CC(=O)Nc1ccccc1NC(=O)CCNC(=O)OC(C)(C)C. The lowest BCUT2D eigenvalue weighted by Crippen LogP contribution is -2.34.